The van der Waals surface area contributed by atoms with Crippen molar-refractivity contribution in [2.75, 3.05) is 6.54 Å². The maximum Gasteiger partial charge on any atom is 0.280 e. The molecule has 0 bridgehead atoms. The van der Waals surface area contributed by atoms with Crippen LogP contribution in [-0.2, 0) is 6.42 Å². The molecule has 2 heterocycles. The third-order valence-corrected chi connectivity index (χ3v) is 4.48. The average molecular weight is 295 g/mol. The van der Waals surface area contributed by atoms with Gasteiger partial charge in [0.15, 0.2) is 5.01 Å². The van der Waals surface area contributed by atoms with Crippen molar-refractivity contribution in [3.05, 3.63) is 32.2 Å². The number of aromatic nitrogens is 2. The Morgan fingerprint density at radius 1 is 1.32 bits per heavy atom. The standard InChI is InChI=1S/C13H17N3OS2/c1-8(2)10-7-19-13(16-10)12(17)14-5-4-11-15-9(3)6-18-11/h6-8H,4-5H2,1-3H3,(H,14,17). The molecule has 4 nitrogen and oxygen atoms in total. The largest absolute Gasteiger partial charge is 0.350 e. The highest BCUT2D eigenvalue weighted by Gasteiger charge is 2.12. The molecule has 0 aliphatic rings. The van der Waals surface area contributed by atoms with Crippen LogP contribution >= 0.6 is 22.7 Å². The zero-order chi connectivity index (χ0) is 13.8. The molecule has 0 radical (unpaired) electrons. The number of nitrogens with zero attached hydrogens (tertiary/aromatic N) is 2. The van der Waals surface area contributed by atoms with E-state index in [1.165, 1.54) is 11.3 Å². The summed E-state index contributed by atoms with van der Waals surface area (Å²) < 4.78 is 0. The first-order chi connectivity index (χ1) is 9.06. The van der Waals surface area contributed by atoms with Crippen LogP contribution in [0.4, 0.5) is 0 Å². The average Bonchev–Trinajstić information content (AvgIpc) is 2.98. The number of aryl methyl sites for hydroxylation is 1. The predicted molar refractivity (Wildman–Crippen MR) is 79.1 cm³/mol. The lowest BCUT2D eigenvalue weighted by Gasteiger charge is -2.01. The van der Waals surface area contributed by atoms with E-state index in [0.717, 1.165) is 22.8 Å². The van der Waals surface area contributed by atoms with Gasteiger partial charge in [0.05, 0.1) is 10.7 Å². The molecule has 2 aromatic rings. The van der Waals surface area contributed by atoms with E-state index >= 15 is 0 Å². The molecule has 1 N–H and O–H groups in total. The summed E-state index contributed by atoms with van der Waals surface area (Å²) in [5, 5.41) is 8.45. The summed E-state index contributed by atoms with van der Waals surface area (Å²) >= 11 is 3.03. The molecular formula is C13H17N3OS2. The number of hydrogen-bond donors (Lipinski definition) is 1. The molecule has 19 heavy (non-hydrogen) atoms. The van der Waals surface area contributed by atoms with Gasteiger partial charge in [-0.2, -0.15) is 0 Å². The molecular weight excluding hydrogens is 278 g/mol. The molecule has 0 saturated carbocycles. The Hall–Kier alpha value is -1.27. The molecule has 0 unspecified atom stereocenters. The minimum Gasteiger partial charge on any atom is -0.350 e. The van der Waals surface area contributed by atoms with Crippen molar-refractivity contribution < 1.29 is 4.79 Å². The molecule has 0 aliphatic carbocycles. The summed E-state index contributed by atoms with van der Waals surface area (Å²) in [4.78, 5) is 20.6. The van der Waals surface area contributed by atoms with Gasteiger partial charge in [0.2, 0.25) is 0 Å². The van der Waals surface area contributed by atoms with Gasteiger partial charge in [-0.05, 0) is 12.8 Å². The van der Waals surface area contributed by atoms with E-state index in [2.05, 4.69) is 29.1 Å². The zero-order valence-electron chi connectivity index (χ0n) is 11.3. The number of amides is 1. The second kappa shape index (κ2) is 6.25. The Bertz CT molecular complexity index is 560. The number of hydrogen-bond acceptors (Lipinski definition) is 5. The van der Waals surface area contributed by atoms with Crippen molar-refractivity contribution in [2.45, 2.75) is 33.1 Å². The SMILES string of the molecule is Cc1csc(CCNC(=O)c2nc(C(C)C)cs2)n1. The fourth-order valence-electron chi connectivity index (χ4n) is 1.53. The van der Waals surface area contributed by atoms with Gasteiger partial charge in [0.1, 0.15) is 0 Å². The van der Waals surface area contributed by atoms with E-state index in [9.17, 15) is 4.79 Å². The first-order valence-corrected chi connectivity index (χ1v) is 7.97. The van der Waals surface area contributed by atoms with Gasteiger partial charge in [0.25, 0.3) is 5.91 Å². The van der Waals surface area contributed by atoms with E-state index in [1.54, 1.807) is 11.3 Å². The van der Waals surface area contributed by atoms with Crippen molar-refractivity contribution in [1.29, 1.82) is 0 Å². The molecule has 2 aromatic heterocycles. The van der Waals surface area contributed by atoms with E-state index in [0.29, 0.717) is 17.5 Å². The van der Waals surface area contributed by atoms with Crippen molar-refractivity contribution in [1.82, 2.24) is 15.3 Å². The summed E-state index contributed by atoms with van der Waals surface area (Å²) in [6.45, 7) is 6.72. The second-order valence-corrected chi connectivity index (χ2v) is 6.42. The molecule has 0 atom stereocenters. The van der Waals surface area contributed by atoms with Gasteiger partial charge in [-0.1, -0.05) is 13.8 Å². The highest BCUT2D eigenvalue weighted by atomic mass is 32.1. The summed E-state index contributed by atoms with van der Waals surface area (Å²) in [6.07, 6.45) is 0.770. The van der Waals surface area contributed by atoms with E-state index < -0.39 is 0 Å². The number of nitrogens with one attached hydrogen (secondary N) is 1. The van der Waals surface area contributed by atoms with Crippen LogP contribution in [0.25, 0.3) is 0 Å². The fourth-order valence-corrected chi connectivity index (χ4v) is 3.20. The first-order valence-electron chi connectivity index (χ1n) is 6.21. The predicted octanol–water partition coefficient (Wildman–Crippen LogP) is 3.00. The van der Waals surface area contributed by atoms with Crippen LogP contribution in [0.1, 0.15) is 46.0 Å². The van der Waals surface area contributed by atoms with Crippen LogP contribution < -0.4 is 5.32 Å². The zero-order valence-corrected chi connectivity index (χ0v) is 12.9. The lowest BCUT2D eigenvalue weighted by atomic mass is 10.2. The lowest BCUT2D eigenvalue weighted by molar-refractivity contribution is 0.0953. The molecule has 102 valence electrons. The third kappa shape index (κ3) is 3.84. The van der Waals surface area contributed by atoms with Crippen LogP contribution in [0, 0.1) is 6.92 Å². The van der Waals surface area contributed by atoms with Crippen LogP contribution in [0.15, 0.2) is 10.8 Å². The van der Waals surface area contributed by atoms with Gasteiger partial charge in [-0.3, -0.25) is 4.79 Å². The molecule has 0 spiro atoms. The number of carbonyl (C=O) groups excluding carboxylic acids is 1. The van der Waals surface area contributed by atoms with E-state index in [1.807, 2.05) is 17.7 Å². The molecule has 0 aromatic carbocycles. The quantitative estimate of drug-likeness (QED) is 0.922. The minimum atomic E-state index is -0.0924. The van der Waals surface area contributed by atoms with Gasteiger partial charge < -0.3 is 5.32 Å². The van der Waals surface area contributed by atoms with Crippen molar-refractivity contribution in [3.8, 4) is 0 Å². The maximum atomic E-state index is 11.9. The van der Waals surface area contributed by atoms with E-state index in [-0.39, 0.29) is 5.91 Å². The summed E-state index contributed by atoms with van der Waals surface area (Å²) in [5.74, 6) is 0.265. The van der Waals surface area contributed by atoms with Gasteiger partial charge in [-0.15, -0.1) is 22.7 Å². The summed E-state index contributed by atoms with van der Waals surface area (Å²) in [5.41, 5.74) is 2.01. The Labute approximate surface area is 120 Å². The Balaban J connectivity index is 1.83. The fraction of sp³-hybridized carbons (Fsp3) is 0.462. The smallest absolute Gasteiger partial charge is 0.280 e. The normalized spacial score (nSPS) is 10.9. The molecule has 0 saturated heterocycles. The van der Waals surface area contributed by atoms with E-state index in [4.69, 9.17) is 0 Å². The first kappa shape index (κ1) is 14.1. The Morgan fingerprint density at radius 2 is 2.11 bits per heavy atom. The number of thiazole rings is 2. The number of rotatable bonds is 5. The van der Waals surface area contributed by atoms with Crippen LogP contribution in [-0.4, -0.2) is 22.4 Å². The van der Waals surface area contributed by atoms with Crippen LogP contribution in [0.3, 0.4) is 0 Å². The van der Waals surface area contributed by atoms with Gasteiger partial charge >= 0.3 is 0 Å². The minimum absolute atomic E-state index is 0.0924. The van der Waals surface area contributed by atoms with Gasteiger partial charge in [-0.25, -0.2) is 9.97 Å². The molecule has 0 fully saturated rings. The third-order valence-electron chi connectivity index (χ3n) is 2.60. The molecule has 6 heteroatoms. The molecule has 2 rings (SSSR count). The highest BCUT2D eigenvalue weighted by molar-refractivity contribution is 7.11. The Morgan fingerprint density at radius 3 is 2.68 bits per heavy atom. The molecule has 0 aliphatic heterocycles. The van der Waals surface area contributed by atoms with Crippen LogP contribution in [0.5, 0.6) is 0 Å². The van der Waals surface area contributed by atoms with Gasteiger partial charge in [0, 0.05) is 29.4 Å². The van der Waals surface area contributed by atoms with Crippen molar-refractivity contribution in [2.24, 2.45) is 0 Å². The van der Waals surface area contributed by atoms with Crippen LogP contribution in [0.2, 0.25) is 0 Å². The molecule has 1 amide bonds. The van der Waals surface area contributed by atoms with Crippen molar-refractivity contribution in [3.63, 3.8) is 0 Å². The monoisotopic (exact) mass is 295 g/mol. The number of carbonyl (C=O) groups is 1. The maximum absolute atomic E-state index is 11.9. The topological polar surface area (TPSA) is 54.9 Å². The summed E-state index contributed by atoms with van der Waals surface area (Å²) in [7, 11) is 0. The second-order valence-electron chi connectivity index (χ2n) is 4.62. The summed E-state index contributed by atoms with van der Waals surface area (Å²) in [6, 6.07) is 0. The highest BCUT2D eigenvalue weighted by Crippen LogP contribution is 2.17. The Kier molecular flexibility index (Phi) is 4.66. The van der Waals surface area contributed by atoms with Crippen molar-refractivity contribution >= 4 is 28.6 Å². The lowest BCUT2D eigenvalue weighted by Crippen LogP contribution is -2.25.